The van der Waals surface area contributed by atoms with E-state index in [1.165, 1.54) is 0 Å². The molecule has 0 saturated carbocycles. The van der Waals surface area contributed by atoms with Gasteiger partial charge in [0, 0.05) is 17.4 Å². The normalized spacial score (nSPS) is 11.0. The first-order chi connectivity index (χ1) is 10.1. The molecule has 1 aromatic heterocycles. The van der Waals surface area contributed by atoms with E-state index in [0.717, 1.165) is 24.1 Å². The molecule has 2 aromatic rings. The first kappa shape index (κ1) is 15.3. The van der Waals surface area contributed by atoms with Gasteiger partial charge in [-0.25, -0.2) is 0 Å². The molecular weight excluding hydrogens is 262 g/mol. The highest BCUT2D eigenvalue weighted by molar-refractivity contribution is 5.99. The highest BCUT2D eigenvalue weighted by atomic mass is 16.1. The summed E-state index contributed by atoms with van der Waals surface area (Å²) in [5.74, 6) is 0.0644. The average molecular weight is 285 g/mol. The van der Waals surface area contributed by atoms with E-state index in [4.69, 9.17) is 5.73 Å². The summed E-state index contributed by atoms with van der Waals surface area (Å²) in [5, 5.41) is 4.53. The van der Waals surface area contributed by atoms with Gasteiger partial charge in [0.25, 0.3) is 0 Å². The first-order valence-electron chi connectivity index (χ1n) is 7.49. The molecule has 0 atom stereocenters. The molecule has 0 radical (unpaired) electrons. The number of ketones is 1. The van der Waals surface area contributed by atoms with Crippen molar-refractivity contribution in [1.82, 2.24) is 9.78 Å². The molecule has 0 aliphatic rings. The number of aromatic nitrogens is 2. The highest BCUT2D eigenvalue weighted by Gasteiger charge is 2.14. The van der Waals surface area contributed by atoms with Gasteiger partial charge in [0.2, 0.25) is 0 Å². The molecule has 0 fully saturated rings. The van der Waals surface area contributed by atoms with Crippen molar-refractivity contribution in [3.63, 3.8) is 0 Å². The van der Waals surface area contributed by atoms with Crippen LogP contribution in [0.4, 0.5) is 5.69 Å². The summed E-state index contributed by atoms with van der Waals surface area (Å²) in [7, 11) is 0. The number of carbonyl (C=O) groups is 1. The van der Waals surface area contributed by atoms with Gasteiger partial charge in [-0.1, -0.05) is 26.0 Å². The van der Waals surface area contributed by atoms with Crippen molar-refractivity contribution in [2.75, 3.05) is 5.73 Å². The Morgan fingerprint density at radius 3 is 2.67 bits per heavy atom. The lowest BCUT2D eigenvalue weighted by Gasteiger charge is -2.12. The Balaban J connectivity index is 2.15. The van der Waals surface area contributed by atoms with Crippen LogP contribution in [0.15, 0.2) is 30.5 Å². The van der Waals surface area contributed by atoms with Crippen LogP contribution >= 0.6 is 0 Å². The van der Waals surface area contributed by atoms with Crippen LogP contribution in [0.25, 0.3) is 0 Å². The molecule has 0 amide bonds. The second-order valence-corrected chi connectivity index (χ2v) is 5.38. The lowest BCUT2D eigenvalue weighted by atomic mass is 10.0. The lowest BCUT2D eigenvalue weighted by molar-refractivity contribution is 0.0991. The van der Waals surface area contributed by atoms with Crippen molar-refractivity contribution >= 4 is 11.5 Å². The van der Waals surface area contributed by atoms with Crippen molar-refractivity contribution < 1.29 is 4.79 Å². The predicted molar refractivity (Wildman–Crippen MR) is 85.5 cm³/mol. The molecule has 0 unspecified atom stereocenters. The van der Waals surface area contributed by atoms with Crippen molar-refractivity contribution in [2.45, 2.75) is 46.1 Å². The predicted octanol–water partition coefficient (Wildman–Crippen LogP) is 3.56. The molecule has 0 bridgehead atoms. The van der Waals surface area contributed by atoms with Crippen LogP contribution in [-0.4, -0.2) is 15.6 Å². The Morgan fingerprint density at radius 1 is 1.29 bits per heavy atom. The summed E-state index contributed by atoms with van der Waals surface area (Å²) in [6.07, 6.45) is 4.36. The summed E-state index contributed by atoms with van der Waals surface area (Å²) < 4.78 is 1.97. The molecule has 0 aliphatic heterocycles. The average Bonchev–Trinajstić information content (AvgIpc) is 2.91. The van der Waals surface area contributed by atoms with Gasteiger partial charge in [-0.15, -0.1) is 0 Å². The fourth-order valence-corrected chi connectivity index (χ4v) is 2.55. The molecule has 112 valence electrons. The Hall–Kier alpha value is -2.10. The molecule has 1 aromatic carbocycles. The molecule has 2 N–H and O–H groups in total. The van der Waals surface area contributed by atoms with E-state index < -0.39 is 0 Å². The number of carbonyl (C=O) groups excluding carboxylic acids is 1. The maximum atomic E-state index is 12.4. The summed E-state index contributed by atoms with van der Waals surface area (Å²) >= 11 is 0. The van der Waals surface area contributed by atoms with Crippen LogP contribution in [0.1, 0.15) is 54.3 Å². The number of hydrogen-bond acceptors (Lipinski definition) is 3. The van der Waals surface area contributed by atoms with Crippen LogP contribution in [0.5, 0.6) is 0 Å². The molecular formula is C17H23N3O. The fourth-order valence-electron chi connectivity index (χ4n) is 2.55. The SMILES string of the molecule is CCC(CC)n1ccc(CC(=O)c2cccc(N)c2C)n1. The van der Waals surface area contributed by atoms with Gasteiger partial charge in [0.05, 0.1) is 18.2 Å². The van der Waals surface area contributed by atoms with Gasteiger partial charge in [0.15, 0.2) is 5.78 Å². The number of nitrogen functional groups attached to an aromatic ring is 1. The third-order valence-electron chi connectivity index (χ3n) is 4.00. The van der Waals surface area contributed by atoms with Crippen LogP contribution < -0.4 is 5.73 Å². The summed E-state index contributed by atoms with van der Waals surface area (Å²) in [6, 6.07) is 7.79. The topological polar surface area (TPSA) is 60.9 Å². The summed E-state index contributed by atoms with van der Waals surface area (Å²) in [6.45, 7) is 6.18. The van der Waals surface area contributed by atoms with Crippen LogP contribution in [-0.2, 0) is 6.42 Å². The van der Waals surface area contributed by atoms with E-state index in [1.807, 2.05) is 42.1 Å². The molecule has 4 heteroatoms. The van der Waals surface area contributed by atoms with Crippen molar-refractivity contribution in [2.24, 2.45) is 0 Å². The number of nitrogens with two attached hydrogens (primary N) is 1. The zero-order valence-electron chi connectivity index (χ0n) is 13.0. The Kier molecular flexibility index (Phi) is 4.78. The smallest absolute Gasteiger partial charge is 0.169 e. The maximum absolute atomic E-state index is 12.4. The van der Waals surface area contributed by atoms with E-state index in [-0.39, 0.29) is 5.78 Å². The Morgan fingerprint density at radius 2 is 2.00 bits per heavy atom. The zero-order valence-corrected chi connectivity index (χ0v) is 13.0. The second-order valence-electron chi connectivity index (χ2n) is 5.38. The minimum absolute atomic E-state index is 0.0644. The number of benzene rings is 1. The highest BCUT2D eigenvalue weighted by Crippen LogP contribution is 2.18. The van der Waals surface area contributed by atoms with Crippen molar-refractivity contribution in [1.29, 1.82) is 0 Å². The number of rotatable bonds is 6. The number of Topliss-reactive ketones (excluding diaryl/α,β-unsaturated/α-hetero) is 1. The third-order valence-corrected chi connectivity index (χ3v) is 4.00. The quantitative estimate of drug-likeness (QED) is 0.652. The van der Waals surface area contributed by atoms with Crippen LogP contribution in [0, 0.1) is 6.92 Å². The Labute approximate surface area is 126 Å². The molecule has 4 nitrogen and oxygen atoms in total. The van der Waals surface area contributed by atoms with Gasteiger partial charge in [-0.05, 0) is 37.5 Å². The molecule has 0 aliphatic carbocycles. The molecule has 21 heavy (non-hydrogen) atoms. The van der Waals surface area contributed by atoms with E-state index in [0.29, 0.717) is 23.7 Å². The lowest BCUT2D eigenvalue weighted by Crippen LogP contribution is -2.10. The van der Waals surface area contributed by atoms with Gasteiger partial charge >= 0.3 is 0 Å². The molecule has 0 saturated heterocycles. The second kappa shape index (κ2) is 6.57. The number of hydrogen-bond donors (Lipinski definition) is 1. The maximum Gasteiger partial charge on any atom is 0.169 e. The van der Waals surface area contributed by atoms with Gasteiger partial charge < -0.3 is 5.73 Å². The standard InChI is InChI=1S/C17H23N3O/c1-4-14(5-2)20-10-9-13(19-20)11-17(21)15-7-6-8-16(18)12(15)3/h6-10,14H,4-5,11,18H2,1-3H3. The molecule has 1 heterocycles. The Bertz CT molecular complexity index is 627. The van der Waals surface area contributed by atoms with E-state index >= 15 is 0 Å². The largest absolute Gasteiger partial charge is 0.398 e. The van der Waals surface area contributed by atoms with Crippen LogP contribution in [0.3, 0.4) is 0 Å². The van der Waals surface area contributed by atoms with Crippen molar-refractivity contribution in [3.8, 4) is 0 Å². The van der Waals surface area contributed by atoms with Crippen molar-refractivity contribution in [3.05, 3.63) is 47.3 Å². The first-order valence-corrected chi connectivity index (χ1v) is 7.49. The molecule has 0 spiro atoms. The van der Waals surface area contributed by atoms with E-state index in [1.54, 1.807) is 0 Å². The van der Waals surface area contributed by atoms with E-state index in [2.05, 4.69) is 18.9 Å². The van der Waals surface area contributed by atoms with Crippen LogP contribution in [0.2, 0.25) is 0 Å². The minimum atomic E-state index is 0.0644. The van der Waals surface area contributed by atoms with Gasteiger partial charge in [-0.3, -0.25) is 9.48 Å². The van der Waals surface area contributed by atoms with E-state index in [9.17, 15) is 4.79 Å². The fraction of sp³-hybridized carbons (Fsp3) is 0.412. The minimum Gasteiger partial charge on any atom is -0.398 e. The van der Waals surface area contributed by atoms with Gasteiger partial charge in [0.1, 0.15) is 0 Å². The molecule has 2 rings (SSSR count). The summed E-state index contributed by atoms with van der Waals surface area (Å²) in [4.78, 5) is 12.4. The monoisotopic (exact) mass is 285 g/mol. The zero-order chi connectivity index (χ0) is 15.4. The number of nitrogens with zero attached hydrogens (tertiary/aromatic N) is 2. The number of anilines is 1. The summed E-state index contributed by atoms with van der Waals surface area (Å²) in [5.41, 5.74) is 8.87. The van der Waals surface area contributed by atoms with Gasteiger partial charge in [-0.2, -0.15) is 5.10 Å². The third kappa shape index (κ3) is 3.32.